The molecule has 5 nitrogen and oxygen atoms in total. The molecule has 0 spiro atoms. The number of hydrogen-bond donors (Lipinski definition) is 1. The van der Waals surface area contributed by atoms with E-state index < -0.39 is 0 Å². The first kappa shape index (κ1) is 9.64. The average molecular weight is 203 g/mol. The highest BCUT2D eigenvalue weighted by Crippen LogP contribution is 2.01. The maximum atomic E-state index is 3.84. The molecule has 1 aromatic heterocycles. The molecule has 0 saturated heterocycles. The SMILES string of the molecule is Cn1nnnc1NCCc1ccccc1. The molecule has 78 valence electrons. The van der Waals surface area contributed by atoms with Crippen LogP contribution in [-0.2, 0) is 13.5 Å². The Labute approximate surface area is 88.1 Å². The third kappa shape index (κ3) is 2.52. The number of aryl methyl sites for hydroxylation is 1. The Balaban J connectivity index is 1.83. The standard InChI is InChI=1S/C10H13N5/c1-15-10(12-13-14-15)11-8-7-9-5-3-2-4-6-9/h2-6H,7-8H2,1H3,(H,11,12,14). The molecule has 0 bridgehead atoms. The summed E-state index contributed by atoms with van der Waals surface area (Å²) in [5.74, 6) is 0.700. The minimum absolute atomic E-state index is 0.700. The Morgan fingerprint density at radius 1 is 1.27 bits per heavy atom. The van der Waals surface area contributed by atoms with Gasteiger partial charge in [-0.3, -0.25) is 0 Å². The number of aromatic nitrogens is 4. The summed E-state index contributed by atoms with van der Waals surface area (Å²) in [6.45, 7) is 0.832. The summed E-state index contributed by atoms with van der Waals surface area (Å²) in [5.41, 5.74) is 1.31. The summed E-state index contributed by atoms with van der Waals surface area (Å²) < 4.78 is 1.62. The number of rotatable bonds is 4. The predicted octanol–water partition coefficient (Wildman–Crippen LogP) is 0.865. The van der Waals surface area contributed by atoms with Crippen LogP contribution in [-0.4, -0.2) is 26.8 Å². The van der Waals surface area contributed by atoms with Crippen LogP contribution >= 0.6 is 0 Å². The van der Waals surface area contributed by atoms with Crippen molar-refractivity contribution in [2.75, 3.05) is 11.9 Å². The van der Waals surface area contributed by atoms with Crippen LogP contribution in [0.2, 0.25) is 0 Å². The minimum atomic E-state index is 0.700. The number of tetrazole rings is 1. The minimum Gasteiger partial charge on any atom is -0.353 e. The molecule has 0 fully saturated rings. The molecule has 0 radical (unpaired) electrons. The topological polar surface area (TPSA) is 55.6 Å². The summed E-state index contributed by atoms with van der Waals surface area (Å²) in [4.78, 5) is 0. The van der Waals surface area contributed by atoms with E-state index in [0.717, 1.165) is 13.0 Å². The number of hydrogen-bond acceptors (Lipinski definition) is 4. The van der Waals surface area contributed by atoms with Crippen molar-refractivity contribution in [2.24, 2.45) is 7.05 Å². The Morgan fingerprint density at radius 3 is 2.73 bits per heavy atom. The summed E-state index contributed by atoms with van der Waals surface area (Å²) in [5, 5.41) is 14.3. The van der Waals surface area contributed by atoms with Crippen LogP contribution in [0.25, 0.3) is 0 Å². The molecule has 2 rings (SSSR count). The molecule has 0 aliphatic rings. The van der Waals surface area contributed by atoms with Gasteiger partial charge in [0, 0.05) is 13.6 Å². The Kier molecular flexibility index (Phi) is 2.92. The van der Waals surface area contributed by atoms with Gasteiger partial charge < -0.3 is 5.32 Å². The van der Waals surface area contributed by atoms with Gasteiger partial charge in [0.15, 0.2) is 0 Å². The van der Waals surface area contributed by atoms with Gasteiger partial charge in [-0.2, -0.15) is 0 Å². The van der Waals surface area contributed by atoms with Crippen LogP contribution in [0, 0.1) is 0 Å². The maximum absolute atomic E-state index is 3.84. The van der Waals surface area contributed by atoms with Crippen molar-refractivity contribution in [3.8, 4) is 0 Å². The zero-order chi connectivity index (χ0) is 10.5. The molecule has 1 heterocycles. The normalized spacial score (nSPS) is 10.2. The molecular formula is C10H13N5. The second kappa shape index (κ2) is 4.54. The fourth-order valence-corrected chi connectivity index (χ4v) is 1.34. The number of anilines is 1. The van der Waals surface area contributed by atoms with Gasteiger partial charge in [0.25, 0.3) is 0 Å². The molecule has 1 N–H and O–H groups in total. The van der Waals surface area contributed by atoms with Gasteiger partial charge in [-0.25, -0.2) is 4.68 Å². The Bertz CT molecular complexity index is 409. The monoisotopic (exact) mass is 203 g/mol. The number of benzene rings is 1. The molecule has 15 heavy (non-hydrogen) atoms. The van der Waals surface area contributed by atoms with Crippen LogP contribution in [0.3, 0.4) is 0 Å². The van der Waals surface area contributed by atoms with Crippen molar-refractivity contribution in [3.63, 3.8) is 0 Å². The van der Waals surface area contributed by atoms with E-state index in [9.17, 15) is 0 Å². The fourth-order valence-electron chi connectivity index (χ4n) is 1.34. The van der Waals surface area contributed by atoms with Gasteiger partial charge in [-0.05, 0) is 22.4 Å². The first-order valence-corrected chi connectivity index (χ1v) is 4.86. The van der Waals surface area contributed by atoms with E-state index in [1.54, 1.807) is 4.68 Å². The Hall–Kier alpha value is -1.91. The van der Waals surface area contributed by atoms with Crippen LogP contribution in [0.1, 0.15) is 5.56 Å². The van der Waals surface area contributed by atoms with Gasteiger partial charge in [0.2, 0.25) is 5.95 Å². The van der Waals surface area contributed by atoms with Crippen molar-refractivity contribution < 1.29 is 0 Å². The van der Waals surface area contributed by atoms with Gasteiger partial charge in [0.1, 0.15) is 0 Å². The van der Waals surface area contributed by atoms with E-state index in [4.69, 9.17) is 0 Å². The molecule has 2 aromatic rings. The van der Waals surface area contributed by atoms with Crippen molar-refractivity contribution >= 4 is 5.95 Å². The lowest BCUT2D eigenvalue weighted by Gasteiger charge is -2.03. The maximum Gasteiger partial charge on any atom is 0.242 e. The molecule has 0 aliphatic carbocycles. The highest BCUT2D eigenvalue weighted by Gasteiger charge is 1.99. The first-order chi connectivity index (χ1) is 7.36. The molecule has 5 heteroatoms. The predicted molar refractivity (Wildman–Crippen MR) is 57.4 cm³/mol. The van der Waals surface area contributed by atoms with Crippen molar-refractivity contribution in [2.45, 2.75) is 6.42 Å². The van der Waals surface area contributed by atoms with E-state index in [1.165, 1.54) is 5.56 Å². The second-order valence-electron chi connectivity index (χ2n) is 3.29. The van der Waals surface area contributed by atoms with Crippen LogP contribution in [0.4, 0.5) is 5.95 Å². The zero-order valence-electron chi connectivity index (χ0n) is 8.59. The highest BCUT2D eigenvalue weighted by molar-refractivity contribution is 5.22. The van der Waals surface area contributed by atoms with E-state index in [1.807, 2.05) is 25.2 Å². The van der Waals surface area contributed by atoms with Crippen LogP contribution in [0.15, 0.2) is 30.3 Å². The number of nitrogens with one attached hydrogen (secondary N) is 1. The molecule has 0 aliphatic heterocycles. The van der Waals surface area contributed by atoms with E-state index in [2.05, 4.69) is 33.0 Å². The quantitative estimate of drug-likeness (QED) is 0.801. The van der Waals surface area contributed by atoms with Crippen molar-refractivity contribution in [1.82, 2.24) is 20.2 Å². The van der Waals surface area contributed by atoms with Gasteiger partial charge in [-0.1, -0.05) is 35.4 Å². The third-order valence-corrected chi connectivity index (χ3v) is 2.16. The first-order valence-electron chi connectivity index (χ1n) is 4.86. The van der Waals surface area contributed by atoms with Crippen molar-refractivity contribution in [1.29, 1.82) is 0 Å². The third-order valence-electron chi connectivity index (χ3n) is 2.16. The van der Waals surface area contributed by atoms with Gasteiger partial charge in [0.05, 0.1) is 0 Å². The van der Waals surface area contributed by atoms with E-state index in [-0.39, 0.29) is 0 Å². The molecule has 0 amide bonds. The smallest absolute Gasteiger partial charge is 0.242 e. The molecule has 0 atom stereocenters. The summed E-state index contributed by atoms with van der Waals surface area (Å²) in [6.07, 6.45) is 0.966. The lowest BCUT2D eigenvalue weighted by atomic mass is 10.1. The van der Waals surface area contributed by atoms with Crippen LogP contribution in [0.5, 0.6) is 0 Å². The summed E-state index contributed by atoms with van der Waals surface area (Å²) in [6, 6.07) is 10.3. The molecule has 1 aromatic carbocycles. The van der Waals surface area contributed by atoms with E-state index >= 15 is 0 Å². The fraction of sp³-hybridized carbons (Fsp3) is 0.300. The largest absolute Gasteiger partial charge is 0.353 e. The summed E-state index contributed by atoms with van der Waals surface area (Å²) in [7, 11) is 1.81. The molecular weight excluding hydrogens is 190 g/mol. The lowest BCUT2D eigenvalue weighted by Crippen LogP contribution is -2.09. The van der Waals surface area contributed by atoms with Crippen molar-refractivity contribution in [3.05, 3.63) is 35.9 Å². The van der Waals surface area contributed by atoms with E-state index in [0.29, 0.717) is 5.95 Å². The second-order valence-corrected chi connectivity index (χ2v) is 3.29. The highest BCUT2D eigenvalue weighted by atomic mass is 15.6. The average Bonchev–Trinajstić information content (AvgIpc) is 2.66. The zero-order valence-corrected chi connectivity index (χ0v) is 8.59. The molecule has 0 unspecified atom stereocenters. The number of nitrogens with zero attached hydrogens (tertiary/aromatic N) is 4. The molecule has 0 saturated carbocycles. The van der Waals surface area contributed by atoms with Crippen LogP contribution < -0.4 is 5.32 Å². The Morgan fingerprint density at radius 2 is 2.07 bits per heavy atom. The summed E-state index contributed by atoms with van der Waals surface area (Å²) >= 11 is 0. The lowest BCUT2D eigenvalue weighted by molar-refractivity contribution is 0.712. The van der Waals surface area contributed by atoms with Gasteiger partial charge in [-0.15, -0.1) is 0 Å². The van der Waals surface area contributed by atoms with Gasteiger partial charge >= 0.3 is 0 Å².